The average Bonchev–Trinajstić information content (AvgIpc) is 2.26. The zero-order valence-corrected chi connectivity index (χ0v) is 9.89. The molecule has 1 unspecified atom stereocenters. The molecule has 0 heterocycles. The molecule has 0 saturated heterocycles. The molecule has 0 aromatic rings. The van der Waals surface area contributed by atoms with Gasteiger partial charge in [0.2, 0.25) is 0 Å². The maximum absolute atomic E-state index is 9.40. The van der Waals surface area contributed by atoms with E-state index in [1.165, 1.54) is 12.8 Å². The van der Waals surface area contributed by atoms with E-state index in [1.807, 2.05) is 6.08 Å². The lowest BCUT2D eigenvalue weighted by molar-refractivity contribution is 0.144. The van der Waals surface area contributed by atoms with Crippen molar-refractivity contribution in [2.45, 2.75) is 51.7 Å². The molecule has 0 amide bonds. The minimum absolute atomic E-state index is 0.182. The molecule has 3 atom stereocenters. The topological polar surface area (TPSA) is 66.5 Å². The standard InChI is InChI=1S/C12H25NO2/c1-3-10(2)7-5-4-6-8-12(15)11(13)9-14/h6,8,10-12,14-15H,3-5,7,9,13H2,1-2H3/b8-6+/t10?,11-,12+/m0/s1. The third kappa shape index (κ3) is 7.54. The van der Waals surface area contributed by atoms with Crippen LogP contribution in [0.5, 0.6) is 0 Å². The van der Waals surface area contributed by atoms with E-state index in [1.54, 1.807) is 6.08 Å². The molecule has 0 bridgehead atoms. The van der Waals surface area contributed by atoms with Gasteiger partial charge in [0.25, 0.3) is 0 Å². The Morgan fingerprint density at radius 2 is 2.07 bits per heavy atom. The van der Waals surface area contributed by atoms with Crippen molar-refractivity contribution < 1.29 is 10.2 Å². The predicted molar refractivity (Wildman–Crippen MR) is 63.5 cm³/mol. The fourth-order valence-corrected chi connectivity index (χ4v) is 1.27. The van der Waals surface area contributed by atoms with Gasteiger partial charge in [0, 0.05) is 0 Å². The number of nitrogens with two attached hydrogens (primary N) is 1. The van der Waals surface area contributed by atoms with Crippen LogP contribution in [0.25, 0.3) is 0 Å². The van der Waals surface area contributed by atoms with E-state index in [0.29, 0.717) is 0 Å². The van der Waals surface area contributed by atoms with Crippen LogP contribution in [-0.4, -0.2) is 29.0 Å². The second kappa shape index (κ2) is 8.89. The lowest BCUT2D eigenvalue weighted by Crippen LogP contribution is -2.36. The molecule has 0 saturated carbocycles. The van der Waals surface area contributed by atoms with E-state index in [4.69, 9.17) is 10.8 Å². The third-order valence-electron chi connectivity index (χ3n) is 2.75. The number of aliphatic hydroxyl groups is 2. The van der Waals surface area contributed by atoms with Crippen molar-refractivity contribution in [1.29, 1.82) is 0 Å². The highest BCUT2D eigenvalue weighted by atomic mass is 16.3. The molecule has 3 heteroatoms. The van der Waals surface area contributed by atoms with Crippen molar-refractivity contribution >= 4 is 0 Å². The van der Waals surface area contributed by atoms with E-state index in [-0.39, 0.29) is 6.61 Å². The van der Waals surface area contributed by atoms with Crippen molar-refractivity contribution in [3.05, 3.63) is 12.2 Å². The van der Waals surface area contributed by atoms with Crippen molar-refractivity contribution in [1.82, 2.24) is 0 Å². The first-order chi connectivity index (χ1) is 7.11. The van der Waals surface area contributed by atoms with Gasteiger partial charge in [-0.05, 0) is 18.8 Å². The lowest BCUT2D eigenvalue weighted by Gasteiger charge is -2.11. The summed E-state index contributed by atoms with van der Waals surface area (Å²) in [7, 11) is 0. The Morgan fingerprint density at radius 1 is 1.40 bits per heavy atom. The molecule has 3 nitrogen and oxygen atoms in total. The molecule has 0 spiro atoms. The predicted octanol–water partition coefficient (Wildman–Crippen LogP) is 1.44. The molecular weight excluding hydrogens is 190 g/mol. The molecule has 0 aromatic heterocycles. The molecule has 0 aliphatic heterocycles. The van der Waals surface area contributed by atoms with Crippen molar-refractivity contribution in [2.24, 2.45) is 11.7 Å². The third-order valence-corrected chi connectivity index (χ3v) is 2.75. The lowest BCUT2D eigenvalue weighted by atomic mass is 10.0. The maximum atomic E-state index is 9.40. The Balaban J connectivity index is 3.53. The highest BCUT2D eigenvalue weighted by molar-refractivity contribution is 4.93. The van der Waals surface area contributed by atoms with Gasteiger partial charge in [-0.3, -0.25) is 0 Å². The summed E-state index contributed by atoms with van der Waals surface area (Å²) in [6.07, 6.45) is 7.47. The summed E-state index contributed by atoms with van der Waals surface area (Å²) in [5.74, 6) is 0.781. The van der Waals surface area contributed by atoms with E-state index in [0.717, 1.165) is 18.8 Å². The Morgan fingerprint density at radius 3 is 2.60 bits per heavy atom. The van der Waals surface area contributed by atoms with Crippen LogP contribution in [0.15, 0.2) is 12.2 Å². The highest BCUT2D eigenvalue weighted by Gasteiger charge is 2.08. The van der Waals surface area contributed by atoms with Crippen LogP contribution in [0, 0.1) is 5.92 Å². The molecular formula is C12H25NO2. The molecule has 0 fully saturated rings. The van der Waals surface area contributed by atoms with Crippen molar-refractivity contribution in [3.63, 3.8) is 0 Å². The van der Waals surface area contributed by atoms with Crippen LogP contribution >= 0.6 is 0 Å². The minimum atomic E-state index is -0.724. The first kappa shape index (κ1) is 14.6. The zero-order chi connectivity index (χ0) is 11.7. The van der Waals surface area contributed by atoms with Gasteiger partial charge in [-0.25, -0.2) is 0 Å². The SMILES string of the molecule is CCC(C)CCC/C=C/[C@@H](O)[C@@H](N)CO. The minimum Gasteiger partial charge on any atom is -0.395 e. The van der Waals surface area contributed by atoms with Crippen molar-refractivity contribution in [2.75, 3.05) is 6.61 Å². The van der Waals surface area contributed by atoms with Gasteiger partial charge >= 0.3 is 0 Å². The molecule has 4 N–H and O–H groups in total. The Hall–Kier alpha value is -0.380. The average molecular weight is 215 g/mol. The van der Waals surface area contributed by atoms with Gasteiger partial charge in [-0.15, -0.1) is 0 Å². The number of unbranched alkanes of at least 4 members (excludes halogenated alkanes) is 1. The smallest absolute Gasteiger partial charge is 0.0894 e. The van der Waals surface area contributed by atoms with Gasteiger partial charge in [0.05, 0.1) is 18.8 Å². The highest BCUT2D eigenvalue weighted by Crippen LogP contribution is 2.11. The Labute approximate surface area is 93.0 Å². The molecule has 15 heavy (non-hydrogen) atoms. The monoisotopic (exact) mass is 215 g/mol. The zero-order valence-electron chi connectivity index (χ0n) is 9.89. The summed E-state index contributed by atoms with van der Waals surface area (Å²) in [5, 5.41) is 18.1. The van der Waals surface area contributed by atoms with Crippen LogP contribution < -0.4 is 5.73 Å². The summed E-state index contributed by atoms with van der Waals surface area (Å²) in [6.45, 7) is 4.27. The van der Waals surface area contributed by atoms with E-state index in [9.17, 15) is 5.11 Å². The first-order valence-corrected chi connectivity index (χ1v) is 5.83. The maximum Gasteiger partial charge on any atom is 0.0894 e. The van der Waals surface area contributed by atoms with Gasteiger partial charge in [0.15, 0.2) is 0 Å². The molecule has 0 rings (SSSR count). The molecule has 90 valence electrons. The Bertz CT molecular complexity index is 171. The van der Waals surface area contributed by atoms with Gasteiger partial charge in [-0.2, -0.15) is 0 Å². The van der Waals surface area contributed by atoms with Crippen LogP contribution in [0.3, 0.4) is 0 Å². The quantitative estimate of drug-likeness (QED) is 0.424. The van der Waals surface area contributed by atoms with E-state index in [2.05, 4.69) is 13.8 Å². The first-order valence-electron chi connectivity index (χ1n) is 5.83. The van der Waals surface area contributed by atoms with Crippen LogP contribution in [0.1, 0.15) is 39.5 Å². The summed E-state index contributed by atoms with van der Waals surface area (Å²) in [6, 6.07) is -0.559. The van der Waals surface area contributed by atoms with Gasteiger partial charge < -0.3 is 15.9 Å². The summed E-state index contributed by atoms with van der Waals surface area (Å²) >= 11 is 0. The molecule has 0 aromatic carbocycles. The number of hydrogen-bond acceptors (Lipinski definition) is 3. The number of rotatable bonds is 8. The normalized spacial score (nSPS) is 17.9. The van der Waals surface area contributed by atoms with Gasteiger partial charge in [0.1, 0.15) is 0 Å². The second-order valence-corrected chi connectivity index (χ2v) is 4.21. The number of hydrogen-bond donors (Lipinski definition) is 3. The van der Waals surface area contributed by atoms with Crippen LogP contribution in [0.4, 0.5) is 0 Å². The molecule has 0 aliphatic rings. The van der Waals surface area contributed by atoms with Crippen molar-refractivity contribution in [3.8, 4) is 0 Å². The van der Waals surface area contributed by atoms with Crippen LogP contribution in [-0.2, 0) is 0 Å². The Kier molecular flexibility index (Phi) is 8.67. The van der Waals surface area contributed by atoms with Crippen LogP contribution in [0.2, 0.25) is 0 Å². The summed E-state index contributed by atoms with van der Waals surface area (Å²) in [5.41, 5.74) is 5.45. The summed E-state index contributed by atoms with van der Waals surface area (Å²) in [4.78, 5) is 0. The number of aliphatic hydroxyl groups excluding tert-OH is 2. The van der Waals surface area contributed by atoms with E-state index < -0.39 is 12.1 Å². The number of allylic oxidation sites excluding steroid dienone is 1. The molecule has 0 aliphatic carbocycles. The summed E-state index contributed by atoms with van der Waals surface area (Å²) < 4.78 is 0. The largest absolute Gasteiger partial charge is 0.395 e. The fourth-order valence-electron chi connectivity index (χ4n) is 1.27. The fraction of sp³-hybridized carbons (Fsp3) is 0.833. The van der Waals surface area contributed by atoms with E-state index >= 15 is 0 Å². The van der Waals surface area contributed by atoms with Gasteiger partial charge in [-0.1, -0.05) is 38.8 Å². The second-order valence-electron chi connectivity index (χ2n) is 4.21. The molecule has 0 radical (unpaired) electrons.